The van der Waals surface area contributed by atoms with Crippen LogP contribution in [-0.2, 0) is 14.4 Å². The number of nitrogens with zero attached hydrogens (tertiary/aromatic N) is 1. The number of carboxylic acids is 3. The second-order valence-electron chi connectivity index (χ2n) is 9.42. The van der Waals surface area contributed by atoms with Crippen LogP contribution >= 0.6 is 0 Å². The Labute approximate surface area is 200 Å². The molecule has 0 fully saturated rings. The van der Waals surface area contributed by atoms with Crippen LogP contribution in [0.15, 0.2) is 12.2 Å². The first kappa shape index (κ1) is 31.1. The van der Waals surface area contributed by atoms with Gasteiger partial charge >= 0.3 is 17.9 Å². The van der Waals surface area contributed by atoms with Crippen LogP contribution in [0.1, 0.15) is 91.9 Å². The Morgan fingerprint density at radius 2 is 1.03 bits per heavy atom. The molecule has 0 aromatic carbocycles. The van der Waals surface area contributed by atoms with E-state index in [1.165, 1.54) is 12.8 Å². The summed E-state index contributed by atoms with van der Waals surface area (Å²) in [6.07, 6.45) is 13.1. The molecule has 0 aromatic rings. The van der Waals surface area contributed by atoms with Gasteiger partial charge in [0, 0.05) is 0 Å². The minimum atomic E-state index is -0.895. The van der Waals surface area contributed by atoms with Gasteiger partial charge in [0.25, 0.3) is 0 Å². The molecule has 0 aliphatic rings. The number of allylic oxidation sites excluding steroid dienone is 2. The third kappa shape index (κ3) is 12.8. The number of quaternary nitrogens is 1. The smallest absolute Gasteiger partial charge is 0.312 e. The van der Waals surface area contributed by atoms with Crippen molar-refractivity contribution < 1.29 is 34.2 Å². The molecule has 7 nitrogen and oxygen atoms in total. The first-order chi connectivity index (χ1) is 15.7. The van der Waals surface area contributed by atoms with Crippen molar-refractivity contribution in [2.75, 3.05) is 26.2 Å². The number of unbranched alkanes of at least 4 members (excludes halogenated alkanes) is 6. The molecular weight excluding hydrogens is 422 g/mol. The van der Waals surface area contributed by atoms with Crippen molar-refractivity contribution in [3.8, 4) is 0 Å². The molecule has 7 heteroatoms. The van der Waals surface area contributed by atoms with Crippen molar-refractivity contribution in [3.63, 3.8) is 0 Å². The fraction of sp³-hybridized carbons (Fsp3) is 0.808. The summed E-state index contributed by atoms with van der Waals surface area (Å²) in [6.45, 7) is 8.96. The summed E-state index contributed by atoms with van der Waals surface area (Å²) in [4.78, 5) is 35.6. The van der Waals surface area contributed by atoms with E-state index in [1.807, 2.05) is 27.7 Å². The monoisotopic (exact) mass is 470 g/mol. The number of rotatable bonds is 21. The first-order valence-corrected chi connectivity index (χ1v) is 12.8. The standard InChI is InChI=1S/C26H47NO6/c1-5-9-10-11-12-13-14-15-16-17-27(18-21(6-2)24(28)29,19-22(7-3)25(30)31)20-23(8-4)26(32)33/h5,9,21-23H,6-8,10-20H2,1-4H3,(H2-,28,29,30,31,32,33)/p+1/b9-5+. The van der Waals surface area contributed by atoms with Crippen molar-refractivity contribution in [2.45, 2.75) is 91.9 Å². The molecule has 0 aliphatic carbocycles. The lowest BCUT2D eigenvalue weighted by Gasteiger charge is -2.43. The van der Waals surface area contributed by atoms with Gasteiger partial charge in [-0.15, -0.1) is 0 Å². The van der Waals surface area contributed by atoms with E-state index in [4.69, 9.17) is 0 Å². The summed E-state index contributed by atoms with van der Waals surface area (Å²) >= 11 is 0. The van der Waals surface area contributed by atoms with Crippen molar-refractivity contribution in [3.05, 3.63) is 12.2 Å². The molecule has 3 N–H and O–H groups in total. The largest absolute Gasteiger partial charge is 0.481 e. The quantitative estimate of drug-likeness (QED) is 0.117. The van der Waals surface area contributed by atoms with Gasteiger partial charge in [-0.25, -0.2) is 0 Å². The van der Waals surface area contributed by atoms with Crippen LogP contribution in [-0.4, -0.2) is 63.9 Å². The van der Waals surface area contributed by atoms with Crippen molar-refractivity contribution in [1.82, 2.24) is 0 Å². The fourth-order valence-electron chi connectivity index (χ4n) is 4.63. The van der Waals surface area contributed by atoms with Crippen molar-refractivity contribution in [1.29, 1.82) is 0 Å². The third-order valence-corrected chi connectivity index (χ3v) is 6.84. The number of carboxylic acid groups (broad SMARTS) is 3. The molecule has 33 heavy (non-hydrogen) atoms. The molecule has 0 heterocycles. The number of aliphatic carboxylic acids is 3. The van der Waals surface area contributed by atoms with Gasteiger partial charge in [-0.05, 0) is 51.9 Å². The van der Waals surface area contributed by atoms with Gasteiger partial charge in [0.2, 0.25) is 0 Å². The van der Waals surface area contributed by atoms with Crippen LogP contribution < -0.4 is 0 Å². The SMILES string of the molecule is C/C=C/CCCCCCCC[N+](CC(CC)C(=O)O)(CC(CC)C(=O)O)CC(CC)C(=O)O. The molecule has 0 bridgehead atoms. The predicted octanol–water partition coefficient (Wildman–Crippen LogP) is 5.44. The third-order valence-electron chi connectivity index (χ3n) is 6.84. The zero-order valence-electron chi connectivity index (χ0n) is 21.3. The minimum Gasteiger partial charge on any atom is -0.481 e. The van der Waals surface area contributed by atoms with E-state index in [-0.39, 0.29) is 24.1 Å². The highest BCUT2D eigenvalue weighted by atomic mass is 16.4. The van der Waals surface area contributed by atoms with Gasteiger partial charge in [0.05, 0.1) is 26.2 Å². The zero-order valence-corrected chi connectivity index (χ0v) is 21.3. The zero-order chi connectivity index (χ0) is 25.3. The van der Waals surface area contributed by atoms with E-state index in [0.29, 0.717) is 25.8 Å². The summed E-state index contributed by atoms with van der Waals surface area (Å²) in [6, 6.07) is 0. The number of hydrogen-bond acceptors (Lipinski definition) is 3. The highest BCUT2D eigenvalue weighted by Crippen LogP contribution is 2.25. The fourth-order valence-corrected chi connectivity index (χ4v) is 4.63. The van der Waals surface area contributed by atoms with E-state index in [2.05, 4.69) is 12.2 Å². The molecule has 0 radical (unpaired) electrons. The maximum atomic E-state index is 11.9. The Kier molecular flexibility index (Phi) is 16.6. The van der Waals surface area contributed by atoms with E-state index in [9.17, 15) is 29.7 Å². The van der Waals surface area contributed by atoms with Crippen LogP contribution in [0, 0.1) is 17.8 Å². The Hall–Kier alpha value is -1.89. The summed E-state index contributed by atoms with van der Waals surface area (Å²) in [5.74, 6) is -4.54. The number of hydrogen-bond donors (Lipinski definition) is 3. The lowest BCUT2D eigenvalue weighted by molar-refractivity contribution is -0.935. The second kappa shape index (κ2) is 17.6. The highest BCUT2D eigenvalue weighted by molar-refractivity contribution is 5.71. The van der Waals surface area contributed by atoms with Gasteiger partial charge in [-0.3, -0.25) is 14.4 Å². The summed E-state index contributed by atoms with van der Waals surface area (Å²) in [5, 5.41) is 29.2. The molecular formula is C26H48NO6+. The summed E-state index contributed by atoms with van der Waals surface area (Å²) in [5.41, 5.74) is 0. The maximum Gasteiger partial charge on any atom is 0.312 e. The van der Waals surface area contributed by atoms with E-state index in [0.717, 1.165) is 32.1 Å². The minimum absolute atomic E-state index is 0.252. The average Bonchev–Trinajstić information content (AvgIpc) is 2.77. The molecule has 0 spiro atoms. The first-order valence-electron chi connectivity index (χ1n) is 12.8. The lowest BCUT2D eigenvalue weighted by Crippen LogP contribution is -2.58. The highest BCUT2D eigenvalue weighted by Gasteiger charge is 2.40. The Morgan fingerprint density at radius 1 is 0.667 bits per heavy atom. The van der Waals surface area contributed by atoms with Crippen LogP contribution in [0.3, 0.4) is 0 Å². The Bertz CT molecular complexity index is 544. The van der Waals surface area contributed by atoms with E-state index in [1.54, 1.807) is 0 Å². The predicted molar refractivity (Wildman–Crippen MR) is 131 cm³/mol. The van der Waals surface area contributed by atoms with Crippen LogP contribution in [0.5, 0.6) is 0 Å². The molecule has 3 atom stereocenters. The van der Waals surface area contributed by atoms with Gasteiger partial charge in [-0.2, -0.15) is 0 Å². The normalized spacial score (nSPS) is 16.2. The van der Waals surface area contributed by atoms with Gasteiger partial charge in [0.1, 0.15) is 17.8 Å². The van der Waals surface area contributed by atoms with Crippen LogP contribution in [0.25, 0.3) is 0 Å². The van der Waals surface area contributed by atoms with Crippen molar-refractivity contribution in [2.24, 2.45) is 17.8 Å². The van der Waals surface area contributed by atoms with E-state index >= 15 is 0 Å². The molecule has 0 saturated heterocycles. The van der Waals surface area contributed by atoms with Crippen molar-refractivity contribution >= 4 is 17.9 Å². The molecule has 0 rings (SSSR count). The molecule has 3 unspecified atom stereocenters. The van der Waals surface area contributed by atoms with Gasteiger partial charge < -0.3 is 19.8 Å². The molecule has 192 valence electrons. The molecule has 0 aliphatic heterocycles. The van der Waals surface area contributed by atoms with E-state index < -0.39 is 35.7 Å². The second-order valence-corrected chi connectivity index (χ2v) is 9.42. The summed E-state index contributed by atoms with van der Waals surface area (Å²) < 4.78 is 0.252. The van der Waals surface area contributed by atoms with Crippen LogP contribution in [0.4, 0.5) is 0 Å². The van der Waals surface area contributed by atoms with Gasteiger partial charge in [-0.1, -0.05) is 52.2 Å². The molecule has 0 aromatic heterocycles. The lowest BCUT2D eigenvalue weighted by atomic mass is 9.95. The molecule has 0 amide bonds. The summed E-state index contributed by atoms with van der Waals surface area (Å²) in [7, 11) is 0. The Balaban J connectivity index is 5.53. The average molecular weight is 471 g/mol. The topological polar surface area (TPSA) is 112 Å². The Morgan fingerprint density at radius 3 is 1.36 bits per heavy atom. The molecule has 0 saturated carbocycles. The van der Waals surface area contributed by atoms with Crippen LogP contribution in [0.2, 0.25) is 0 Å². The van der Waals surface area contributed by atoms with Gasteiger partial charge in [0.15, 0.2) is 0 Å². The maximum absolute atomic E-state index is 11.9. The number of carbonyl (C=O) groups is 3.